The first kappa shape index (κ1) is 20.5. The second-order valence-electron chi connectivity index (χ2n) is 5.81. The van der Waals surface area contributed by atoms with Gasteiger partial charge in [0.25, 0.3) is 0 Å². The minimum Gasteiger partial charge on any atom is -0.494 e. The van der Waals surface area contributed by atoms with Crippen molar-refractivity contribution in [2.24, 2.45) is 5.10 Å². The van der Waals surface area contributed by atoms with Crippen molar-refractivity contribution in [1.82, 2.24) is 0 Å². The molecule has 2 rings (SSSR count). The predicted octanol–water partition coefficient (Wildman–Crippen LogP) is 5.55. The van der Waals surface area contributed by atoms with Gasteiger partial charge >= 0.3 is 0 Å². The van der Waals surface area contributed by atoms with Gasteiger partial charge in [-0.3, -0.25) is 5.01 Å². The molecule has 0 N–H and O–H groups in total. The van der Waals surface area contributed by atoms with Crippen LogP contribution in [0.15, 0.2) is 17.2 Å². The fourth-order valence-electron chi connectivity index (χ4n) is 2.22. The Labute approximate surface area is 137 Å². The minimum atomic E-state index is 0.134. The smallest absolute Gasteiger partial charge is 0.147 e. The number of ether oxygens (including phenoxy) is 1. The molecule has 1 aliphatic rings. The molecule has 1 aromatic carbocycles. The van der Waals surface area contributed by atoms with E-state index < -0.39 is 0 Å². The van der Waals surface area contributed by atoms with Gasteiger partial charge in [0, 0.05) is 19.2 Å². The summed E-state index contributed by atoms with van der Waals surface area (Å²) in [5, 5.41) is 6.44. The van der Waals surface area contributed by atoms with Crippen molar-refractivity contribution in [2.45, 2.75) is 67.2 Å². The number of anilines is 1. The van der Waals surface area contributed by atoms with Crippen LogP contribution >= 0.6 is 0 Å². The van der Waals surface area contributed by atoms with Crippen molar-refractivity contribution in [1.29, 1.82) is 0 Å². The van der Waals surface area contributed by atoms with Gasteiger partial charge in [0.1, 0.15) is 11.4 Å². The van der Waals surface area contributed by atoms with Crippen LogP contribution in [-0.2, 0) is 5.41 Å². The Kier molecular flexibility index (Phi) is 8.84. The second kappa shape index (κ2) is 9.50. The summed E-state index contributed by atoms with van der Waals surface area (Å²) in [6, 6.07) is 4.41. The Morgan fingerprint density at radius 2 is 1.68 bits per heavy atom. The Morgan fingerprint density at radius 3 is 2.09 bits per heavy atom. The number of aryl methyl sites for hydroxylation is 1. The zero-order chi connectivity index (χ0) is 17.3. The molecule has 126 valence electrons. The Hall–Kier alpha value is -1.51. The zero-order valence-electron chi connectivity index (χ0n) is 15.9. The lowest BCUT2D eigenvalue weighted by Crippen LogP contribution is -2.17. The molecule has 22 heavy (non-hydrogen) atoms. The van der Waals surface area contributed by atoms with Gasteiger partial charge in [-0.05, 0) is 29.5 Å². The molecule has 3 nitrogen and oxygen atoms in total. The maximum Gasteiger partial charge on any atom is 0.147 e. The number of methoxy groups -OCH3 is 1. The van der Waals surface area contributed by atoms with Crippen LogP contribution < -0.4 is 9.75 Å². The molecular formula is C19H34N2O. The van der Waals surface area contributed by atoms with Crippen LogP contribution in [0.25, 0.3) is 0 Å². The first-order valence-corrected chi connectivity index (χ1v) is 8.42. The van der Waals surface area contributed by atoms with Crippen molar-refractivity contribution in [3.8, 4) is 5.75 Å². The van der Waals surface area contributed by atoms with Gasteiger partial charge in [-0.25, -0.2) is 0 Å². The summed E-state index contributed by atoms with van der Waals surface area (Å²) in [5.41, 5.74) is 3.70. The number of hydrogen-bond acceptors (Lipinski definition) is 3. The molecule has 3 heteroatoms. The number of benzene rings is 1. The lowest BCUT2D eigenvalue weighted by Gasteiger charge is -2.25. The van der Waals surface area contributed by atoms with Crippen molar-refractivity contribution in [3.05, 3.63) is 23.3 Å². The Bertz CT molecular complexity index is 473. The number of rotatable bonds is 2. The molecule has 0 saturated heterocycles. The van der Waals surface area contributed by atoms with Crippen LogP contribution in [-0.4, -0.2) is 19.9 Å². The van der Waals surface area contributed by atoms with E-state index in [9.17, 15) is 0 Å². The van der Waals surface area contributed by atoms with Gasteiger partial charge in [0.05, 0.1) is 7.11 Å². The van der Waals surface area contributed by atoms with E-state index in [4.69, 9.17) is 4.74 Å². The van der Waals surface area contributed by atoms with Crippen LogP contribution in [0.4, 0.5) is 5.69 Å². The van der Waals surface area contributed by atoms with E-state index in [0.29, 0.717) is 0 Å². The maximum atomic E-state index is 5.54. The van der Waals surface area contributed by atoms with Crippen molar-refractivity contribution in [3.63, 3.8) is 0 Å². The third kappa shape index (κ3) is 5.04. The highest BCUT2D eigenvalue weighted by atomic mass is 16.5. The summed E-state index contributed by atoms with van der Waals surface area (Å²) in [7, 11) is 1.72. The molecule has 0 amide bonds. The lowest BCUT2D eigenvalue weighted by atomic mass is 9.85. The van der Waals surface area contributed by atoms with E-state index in [-0.39, 0.29) is 5.41 Å². The van der Waals surface area contributed by atoms with E-state index in [1.165, 1.54) is 11.1 Å². The van der Waals surface area contributed by atoms with E-state index in [1.807, 2.05) is 38.9 Å². The number of hydrazone groups is 1. The van der Waals surface area contributed by atoms with E-state index >= 15 is 0 Å². The summed E-state index contributed by atoms with van der Waals surface area (Å²) < 4.78 is 5.54. The predicted molar refractivity (Wildman–Crippen MR) is 99.6 cm³/mol. The molecule has 0 bridgehead atoms. The van der Waals surface area contributed by atoms with Gasteiger partial charge in [-0.2, -0.15) is 5.10 Å². The fraction of sp³-hybridized carbons (Fsp3) is 0.632. The highest BCUT2D eigenvalue weighted by Crippen LogP contribution is 2.37. The highest BCUT2D eigenvalue weighted by molar-refractivity contribution is 5.70. The molecule has 1 heterocycles. The Balaban J connectivity index is 0.00000102. The van der Waals surface area contributed by atoms with Crippen LogP contribution in [0.5, 0.6) is 5.75 Å². The first-order valence-electron chi connectivity index (χ1n) is 8.42. The third-order valence-electron chi connectivity index (χ3n) is 3.29. The summed E-state index contributed by atoms with van der Waals surface area (Å²) >= 11 is 0. The van der Waals surface area contributed by atoms with Crippen molar-refractivity contribution >= 4 is 11.9 Å². The molecule has 0 saturated carbocycles. The van der Waals surface area contributed by atoms with E-state index in [0.717, 1.165) is 24.4 Å². The lowest BCUT2D eigenvalue weighted by molar-refractivity contribution is 0.411. The van der Waals surface area contributed by atoms with Gasteiger partial charge in [-0.1, -0.05) is 54.5 Å². The van der Waals surface area contributed by atoms with Crippen LogP contribution in [0, 0.1) is 6.92 Å². The topological polar surface area (TPSA) is 24.8 Å². The molecule has 0 fully saturated rings. The average molecular weight is 306 g/mol. The second-order valence-corrected chi connectivity index (χ2v) is 5.81. The highest BCUT2D eigenvalue weighted by Gasteiger charge is 2.21. The molecule has 0 spiro atoms. The minimum absolute atomic E-state index is 0.134. The van der Waals surface area contributed by atoms with Gasteiger partial charge in [-0.15, -0.1) is 0 Å². The summed E-state index contributed by atoms with van der Waals surface area (Å²) in [4.78, 5) is 0. The quantitative estimate of drug-likeness (QED) is 0.715. The van der Waals surface area contributed by atoms with Gasteiger partial charge in [0.15, 0.2) is 0 Å². The molecular weight excluding hydrogens is 272 g/mol. The number of nitrogens with zero attached hydrogens (tertiary/aromatic N) is 2. The molecule has 1 aromatic rings. The number of hydrogen-bond donors (Lipinski definition) is 0. The summed E-state index contributed by atoms with van der Waals surface area (Å²) in [5.74, 6) is 0.932. The standard InChI is InChI=1S/C15H22N2O.2C2H6/c1-11-9-12(15(2,3)4)10-13(14(11)18-5)17-8-6-7-16-17;2*1-2/h7,9-10H,6,8H2,1-5H3;2*1-2H3. The van der Waals surface area contributed by atoms with Crippen LogP contribution in [0.3, 0.4) is 0 Å². The molecule has 1 aliphatic heterocycles. The molecule has 0 aromatic heterocycles. The zero-order valence-corrected chi connectivity index (χ0v) is 15.9. The normalized spacial score (nSPS) is 13.0. The van der Waals surface area contributed by atoms with E-state index in [2.05, 4.69) is 44.9 Å². The molecule has 0 aliphatic carbocycles. The van der Waals surface area contributed by atoms with Crippen LogP contribution in [0.1, 0.15) is 66.0 Å². The maximum absolute atomic E-state index is 5.54. The molecule has 0 unspecified atom stereocenters. The monoisotopic (exact) mass is 306 g/mol. The Morgan fingerprint density at radius 1 is 1.09 bits per heavy atom. The summed E-state index contributed by atoms with van der Waals surface area (Å²) in [6.45, 7) is 17.7. The first-order chi connectivity index (χ1) is 10.4. The third-order valence-corrected chi connectivity index (χ3v) is 3.29. The largest absolute Gasteiger partial charge is 0.494 e. The summed E-state index contributed by atoms with van der Waals surface area (Å²) in [6.07, 6.45) is 2.96. The van der Waals surface area contributed by atoms with Crippen molar-refractivity contribution < 1.29 is 4.74 Å². The molecule has 0 radical (unpaired) electrons. The van der Waals surface area contributed by atoms with Crippen molar-refractivity contribution in [2.75, 3.05) is 18.7 Å². The molecule has 0 atom stereocenters. The fourth-order valence-corrected chi connectivity index (χ4v) is 2.22. The SMILES string of the molecule is CC.CC.COc1c(C)cc(C(C)(C)C)cc1N1CCC=N1. The average Bonchev–Trinajstić information content (AvgIpc) is 3.03. The van der Waals surface area contributed by atoms with E-state index in [1.54, 1.807) is 7.11 Å². The van der Waals surface area contributed by atoms with Gasteiger partial charge in [0.2, 0.25) is 0 Å². The van der Waals surface area contributed by atoms with Crippen LogP contribution in [0.2, 0.25) is 0 Å². The van der Waals surface area contributed by atoms with Gasteiger partial charge < -0.3 is 4.74 Å².